The van der Waals surface area contributed by atoms with Crippen molar-refractivity contribution in [2.45, 2.75) is 64.5 Å². The van der Waals surface area contributed by atoms with Crippen LogP contribution in [0.1, 0.15) is 64.0 Å². The topological polar surface area (TPSA) is 12.0 Å². The SMILES string of the molecule is CC(N[C@H](C)c1ccccc1)C12CC3CC(CC(C3)C1)C2. The van der Waals surface area contributed by atoms with Crippen molar-refractivity contribution < 1.29 is 0 Å². The van der Waals surface area contributed by atoms with Gasteiger partial charge in [0.1, 0.15) is 0 Å². The van der Waals surface area contributed by atoms with E-state index in [1.165, 1.54) is 24.8 Å². The number of rotatable bonds is 4. The highest BCUT2D eigenvalue weighted by Crippen LogP contribution is 2.61. The molecule has 0 spiro atoms. The van der Waals surface area contributed by atoms with Gasteiger partial charge in [0, 0.05) is 12.1 Å². The van der Waals surface area contributed by atoms with Gasteiger partial charge in [0.05, 0.1) is 0 Å². The molecule has 2 atom stereocenters. The molecule has 0 saturated heterocycles. The average molecular weight is 283 g/mol. The highest BCUT2D eigenvalue weighted by molar-refractivity contribution is 5.18. The fourth-order valence-corrected chi connectivity index (χ4v) is 6.10. The van der Waals surface area contributed by atoms with Crippen LogP contribution in [0.3, 0.4) is 0 Å². The van der Waals surface area contributed by atoms with Gasteiger partial charge in [-0.05, 0) is 81.1 Å². The lowest BCUT2D eigenvalue weighted by Crippen LogP contribution is -2.55. The van der Waals surface area contributed by atoms with Crippen molar-refractivity contribution in [3.05, 3.63) is 35.9 Å². The lowest BCUT2D eigenvalue weighted by atomic mass is 9.48. The largest absolute Gasteiger partial charge is 0.307 e. The number of nitrogens with one attached hydrogen (secondary N) is 1. The van der Waals surface area contributed by atoms with Crippen LogP contribution in [0, 0.1) is 23.2 Å². The zero-order valence-corrected chi connectivity index (χ0v) is 13.5. The summed E-state index contributed by atoms with van der Waals surface area (Å²) in [5.74, 6) is 3.15. The molecule has 0 aromatic heterocycles. The van der Waals surface area contributed by atoms with E-state index >= 15 is 0 Å². The van der Waals surface area contributed by atoms with Crippen LogP contribution in [0.4, 0.5) is 0 Å². The summed E-state index contributed by atoms with van der Waals surface area (Å²) in [6.07, 6.45) is 9.11. The van der Waals surface area contributed by atoms with Gasteiger partial charge in [0.15, 0.2) is 0 Å². The third-order valence-corrected chi connectivity index (χ3v) is 6.80. The van der Waals surface area contributed by atoms with E-state index in [0.29, 0.717) is 17.5 Å². The van der Waals surface area contributed by atoms with Crippen LogP contribution in [0.5, 0.6) is 0 Å². The van der Waals surface area contributed by atoms with Crippen LogP contribution < -0.4 is 5.32 Å². The molecule has 1 nitrogen and oxygen atoms in total. The van der Waals surface area contributed by atoms with E-state index < -0.39 is 0 Å². The Balaban J connectivity index is 1.49. The molecular formula is C20H29N. The quantitative estimate of drug-likeness (QED) is 0.825. The van der Waals surface area contributed by atoms with Crippen molar-refractivity contribution in [1.29, 1.82) is 0 Å². The summed E-state index contributed by atoms with van der Waals surface area (Å²) in [6, 6.07) is 12.0. The van der Waals surface area contributed by atoms with Crippen LogP contribution in [-0.2, 0) is 0 Å². The van der Waals surface area contributed by atoms with Crippen molar-refractivity contribution in [2.24, 2.45) is 23.2 Å². The molecule has 4 saturated carbocycles. The summed E-state index contributed by atoms with van der Waals surface area (Å²) in [6.45, 7) is 4.79. The summed E-state index contributed by atoms with van der Waals surface area (Å²) in [5.41, 5.74) is 2.03. The summed E-state index contributed by atoms with van der Waals surface area (Å²) in [7, 11) is 0. The lowest BCUT2D eigenvalue weighted by Gasteiger charge is -2.59. The van der Waals surface area contributed by atoms with Gasteiger partial charge in [0.25, 0.3) is 0 Å². The highest BCUT2D eigenvalue weighted by atomic mass is 15.0. The Labute approximate surface area is 129 Å². The minimum atomic E-state index is 0.467. The van der Waals surface area contributed by atoms with Gasteiger partial charge < -0.3 is 5.32 Å². The second-order valence-electron chi connectivity index (χ2n) is 8.30. The monoisotopic (exact) mass is 283 g/mol. The smallest absolute Gasteiger partial charge is 0.0294 e. The molecule has 1 N–H and O–H groups in total. The van der Waals surface area contributed by atoms with Gasteiger partial charge in [0.2, 0.25) is 0 Å². The molecule has 1 heteroatoms. The third kappa shape index (κ3) is 2.44. The zero-order valence-electron chi connectivity index (χ0n) is 13.5. The lowest BCUT2D eigenvalue weighted by molar-refractivity contribution is -0.0719. The van der Waals surface area contributed by atoms with Crippen LogP contribution in [0.15, 0.2) is 30.3 Å². The third-order valence-electron chi connectivity index (χ3n) is 6.80. The minimum Gasteiger partial charge on any atom is -0.307 e. The Morgan fingerprint density at radius 3 is 1.95 bits per heavy atom. The minimum absolute atomic E-state index is 0.467. The molecule has 5 rings (SSSR count). The first-order valence-electron chi connectivity index (χ1n) is 8.95. The molecule has 0 aliphatic heterocycles. The van der Waals surface area contributed by atoms with Gasteiger partial charge in [-0.3, -0.25) is 0 Å². The second kappa shape index (κ2) is 5.12. The summed E-state index contributed by atoms with van der Waals surface area (Å²) < 4.78 is 0. The van der Waals surface area contributed by atoms with Gasteiger partial charge >= 0.3 is 0 Å². The Morgan fingerprint density at radius 1 is 0.905 bits per heavy atom. The van der Waals surface area contributed by atoms with E-state index in [2.05, 4.69) is 49.5 Å². The summed E-state index contributed by atoms with van der Waals surface area (Å²) >= 11 is 0. The Hall–Kier alpha value is -0.820. The van der Waals surface area contributed by atoms with Crippen molar-refractivity contribution >= 4 is 0 Å². The molecule has 1 aromatic rings. The molecule has 1 unspecified atom stereocenters. The van der Waals surface area contributed by atoms with E-state index in [1.54, 1.807) is 19.3 Å². The van der Waals surface area contributed by atoms with Gasteiger partial charge in [-0.1, -0.05) is 30.3 Å². The van der Waals surface area contributed by atoms with E-state index in [9.17, 15) is 0 Å². The van der Waals surface area contributed by atoms with Crippen molar-refractivity contribution in [3.63, 3.8) is 0 Å². The van der Waals surface area contributed by atoms with E-state index in [0.717, 1.165) is 17.8 Å². The van der Waals surface area contributed by atoms with Crippen molar-refractivity contribution in [2.75, 3.05) is 0 Å². The number of hydrogen-bond acceptors (Lipinski definition) is 1. The predicted octanol–water partition coefficient (Wildman–Crippen LogP) is 4.94. The molecular weight excluding hydrogens is 254 g/mol. The number of hydrogen-bond donors (Lipinski definition) is 1. The van der Waals surface area contributed by atoms with E-state index in [-0.39, 0.29) is 0 Å². The summed E-state index contributed by atoms with van der Waals surface area (Å²) in [5, 5.41) is 3.95. The molecule has 0 amide bonds. The maximum Gasteiger partial charge on any atom is 0.0294 e. The van der Waals surface area contributed by atoms with E-state index in [1.807, 2.05) is 0 Å². The fourth-order valence-electron chi connectivity index (χ4n) is 6.10. The first kappa shape index (κ1) is 13.8. The fraction of sp³-hybridized carbons (Fsp3) is 0.700. The standard InChI is InChI=1S/C20H29N/c1-14(19-6-4-3-5-7-19)21-15(2)20-11-16-8-17(12-20)10-18(9-16)13-20/h3-7,14-18,21H,8-13H2,1-2H3/t14-,15?,16?,17?,18?,20?/m1/s1. The maximum absolute atomic E-state index is 3.95. The van der Waals surface area contributed by atoms with Crippen LogP contribution >= 0.6 is 0 Å². The molecule has 0 radical (unpaired) electrons. The zero-order chi connectivity index (χ0) is 14.4. The molecule has 0 heterocycles. The van der Waals surface area contributed by atoms with Crippen LogP contribution in [-0.4, -0.2) is 6.04 Å². The first-order valence-corrected chi connectivity index (χ1v) is 8.95. The van der Waals surface area contributed by atoms with E-state index in [4.69, 9.17) is 0 Å². The van der Waals surface area contributed by atoms with Gasteiger partial charge in [-0.2, -0.15) is 0 Å². The molecule has 114 valence electrons. The Bertz CT molecular complexity index is 457. The molecule has 21 heavy (non-hydrogen) atoms. The molecule has 4 bridgehead atoms. The molecule has 4 aliphatic rings. The first-order chi connectivity index (χ1) is 10.1. The second-order valence-corrected chi connectivity index (χ2v) is 8.30. The van der Waals surface area contributed by atoms with Crippen molar-refractivity contribution in [1.82, 2.24) is 5.32 Å². The van der Waals surface area contributed by atoms with Crippen molar-refractivity contribution in [3.8, 4) is 0 Å². The maximum atomic E-state index is 3.95. The van der Waals surface area contributed by atoms with Gasteiger partial charge in [-0.25, -0.2) is 0 Å². The Kier molecular flexibility index (Phi) is 3.37. The summed E-state index contributed by atoms with van der Waals surface area (Å²) in [4.78, 5) is 0. The highest BCUT2D eigenvalue weighted by Gasteiger charge is 2.53. The van der Waals surface area contributed by atoms with Gasteiger partial charge in [-0.15, -0.1) is 0 Å². The molecule has 4 fully saturated rings. The predicted molar refractivity (Wildman–Crippen MR) is 88.1 cm³/mol. The number of benzene rings is 1. The average Bonchev–Trinajstić information content (AvgIpc) is 2.46. The molecule has 1 aromatic carbocycles. The van der Waals surface area contributed by atoms with Crippen LogP contribution in [0.25, 0.3) is 0 Å². The van der Waals surface area contributed by atoms with Crippen LogP contribution in [0.2, 0.25) is 0 Å². The Morgan fingerprint density at radius 2 is 1.43 bits per heavy atom. The normalized spacial score (nSPS) is 40.2. The molecule has 4 aliphatic carbocycles.